The number of carboxylic acid groups (broad SMARTS) is 1. The Bertz CT molecular complexity index is 1380. The third-order valence-corrected chi connectivity index (χ3v) is 5.02. The van der Waals surface area contributed by atoms with Gasteiger partial charge >= 0.3 is 13.2 Å². The fraction of sp³-hybridized carbons (Fsp3) is 0.120. The number of aromatic carboxylic acids is 1. The molecular weight excluding hydrogens is 465 g/mol. The Balaban J connectivity index is 0.000000623. The molecule has 10 heteroatoms. The lowest BCUT2D eigenvalue weighted by molar-refractivity contribution is -0.400. The average Bonchev–Trinajstić information content (AvgIpc) is 2.83. The molecule has 4 rings (SSSR count). The number of carboxylic acids is 1. The minimum atomic E-state index is -6.00. The Kier molecular flexibility index (Phi) is 7.96. The van der Waals surface area contributed by atoms with Crippen molar-refractivity contribution in [2.75, 3.05) is 7.11 Å². The molecule has 0 unspecified atom stereocenters. The van der Waals surface area contributed by atoms with Crippen LogP contribution in [0.5, 0.6) is 5.75 Å². The van der Waals surface area contributed by atoms with E-state index in [0.29, 0.717) is 0 Å². The molecular formula is C25H22BF4NO4. The Morgan fingerprint density at radius 2 is 1.60 bits per heavy atom. The molecule has 0 saturated carbocycles. The first-order chi connectivity index (χ1) is 16.6. The first-order valence-corrected chi connectivity index (χ1v) is 10.6. The number of hydrogen-bond donors (Lipinski definition) is 2. The molecule has 0 fully saturated rings. The van der Waals surface area contributed by atoms with Crippen molar-refractivity contribution in [2.45, 2.75) is 13.3 Å². The zero-order valence-electron chi connectivity index (χ0n) is 18.9. The second-order valence-corrected chi connectivity index (χ2v) is 7.44. The van der Waals surface area contributed by atoms with Crippen molar-refractivity contribution < 1.29 is 41.3 Å². The smallest absolute Gasteiger partial charge is 0.497 e. The molecule has 0 aliphatic rings. The molecule has 0 radical (unpaired) electrons. The SMILES string of the molecule is CCc1ccc2oc(-c3ccc(OC)cc3)cc(=[NH+]c3ccc(C(=O)O)cc3)c2c1.F[B-](F)(F)F. The van der Waals surface area contributed by atoms with Crippen molar-refractivity contribution in [3.05, 3.63) is 89.3 Å². The van der Waals surface area contributed by atoms with Gasteiger partial charge in [-0.15, -0.1) is 0 Å². The molecule has 0 aliphatic carbocycles. The van der Waals surface area contributed by atoms with E-state index >= 15 is 0 Å². The van der Waals surface area contributed by atoms with E-state index in [0.717, 1.165) is 45.5 Å². The van der Waals surface area contributed by atoms with Gasteiger partial charge in [-0.3, -0.25) is 0 Å². The fourth-order valence-corrected chi connectivity index (χ4v) is 3.31. The summed E-state index contributed by atoms with van der Waals surface area (Å²) in [5, 5.41) is 11.0. The van der Waals surface area contributed by atoms with Crippen molar-refractivity contribution in [2.24, 2.45) is 0 Å². The van der Waals surface area contributed by atoms with Crippen molar-refractivity contribution in [1.82, 2.24) is 0 Å². The van der Waals surface area contributed by atoms with Gasteiger partial charge in [-0.05, 0) is 60.5 Å². The normalized spacial score (nSPS) is 11.7. The summed E-state index contributed by atoms with van der Waals surface area (Å²) < 4.78 is 50.4. The van der Waals surface area contributed by atoms with Crippen LogP contribution in [0.25, 0.3) is 22.3 Å². The minimum Gasteiger partial charge on any atom is -0.497 e. The maximum absolute atomic E-state index is 11.1. The summed E-state index contributed by atoms with van der Waals surface area (Å²) in [5.74, 6) is 0.558. The predicted octanol–water partition coefficient (Wildman–Crippen LogP) is 4.98. The fourth-order valence-electron chi connectivity index (χ4n) is 3.31. The maximum atomic E-state index is 11.1. The van der Waals surface area contributed by atoms with Crippen LogP contribution in [-0.2, 0) is 6.42 Å². The summed E-state index contributed by atoms with van der Waals surface area (Å²) in [5.41, 5.74) is 3.96. The van der Waals surface area contributed by atoms with Crippen LogP contribution >= 0.6 is 0 Å². The summed E-state index contributed by atoms with van der Waals surface area (Å²) in [6.45, 7) is 2.11. The van der Waals surface area contributed by atoms with Crippen LogP contribution < -0.4 is 15.1 Å². The van der Waals surface area contributed by atoms with Crippen molar-refractivity contribution in [3.8, 4) is 17.1 Å². The zero-order valence-corrected chi connectivity index (χ0v) is 18.9. The van der Waals surface area contributed by atoms with E-state index in [1.54, 1.807) is 31.4 Å². The zero-order chi connectivity index (χ0) is 25.6. The van der Waals surface area contributed by atoms with E-state index in [2.05, 4.69) is 24.0 Å². The van der Waals surface area contributed by atoms with E-state index in [4.69, 9.17) is 14.3 Å². The number of aryl methyl sites for hydroxylation is 1. The summed E-state index contributed by atoms with van der Waals surface area (Å²) in [4.78, 5) is 14.5. The lowest BCUT2D eigenvalue weighted by Gasteiger charge is -2.06. The molecule has 0 spiro atoms. The van der Waals surface area contributed by atoms with Gasteiger partial charge < -0.3 is 31.5 Å². The molecule has 0 atom stereocenters. The highest BCUT2D eigenvalue weighted by atomic mass is 19.5. The van der Waals surface area contributed by atoms with E-state index in [1.807, 2.05) is 36.4 Å². The third-order valence-electron chi connectivity index (χ3n) is 5.02. The Labute approximate surface area is 198 Å². The number of hydrogen-bond acceptors (Lipinski definition) is 3. The van der Waals surface area contributed by atoms with Crippen LogP contribution in [0.15, 0.2) is 77.2 Å². The largest absolute Gasteiger partial charge is 0.673 e. The highest BCUT2D eigenvalue weighted by Gasteiger charge is 2.20. The molecule has 3 aromatic carbocycles. The van der Waals surface area contributed by atoms with Gasteiger partial charge in [-0.1, -0.05) is 13.0 Å². The standard InChI is InChI=1S/C25H21NO4.BF4/c1-3-16-4-13-23-21(14-16)22(26-19-9-5-18(6-10-19)25(27)28)15-24(30-23)17-7-11-20(29-2)12-8-17;2-1(3,4)5/h4-15H,3H2,1-2H3,(H,27,28);/q;-1/p+1. The van der Waals surface area contributed by atoms with E-state index < -0.39 is 13.2 Å². The molecule has 1 aromatic heterocycles. The molecule has 2 N–H and O–H groups in total. The van der Waals surface area contributed by atoms with E-state index in [1.165, 1.54) is 5.56 Å². The molecule has 0 bridgehead atoms. The molecule has 5 nitrogen and oxygen atoms in total. The number of ether oxygens (including phenoxy) is 1. The van der Waals surface area contributed by atoms with Crippen LogP contribution in [-0.4, -0.2) is 25.4 Å². The minimum absolute atomic E-state index is 0.251. The van der Waals surface area contributed by atoms with Gasteiger partial charge in [0.25, 0.3) is 0 Å². The number of carbonyl (C=O) groups is 1. The highest BCUT2D eigenvalue weighted by Crippen LogP contribution is 2.24. The summed E-state index contributed by atoms with van der Waals surface area (Å²) in [7, 11) is -4.36. The molecule has 0 aliphatic heterocycles. The predicted molar refractivity (Wildman–Crippen MR) is 125 cm³/mol. The summed E-state index contributed by atoms with van der Waals surface area (Å²) in [6, 6.07) is 22.5. The number of halogens is 4. The van der Waals surface area contributed by atoms with Crippen LogP contribution in [0.2, 0.25) is 0 Å². The molecule has 0 amide bonds. The molecule has 1 heterocycles. The highest BCUT2D eigenvalue weighted by molar-refractivity contribution is 6.50. The average molecular weight is 487 g/mol. The molecule has 0 saturated heterocycles. The Hall–Kier alpha value is -4.08. The Morgan fingerprint density at radius 3 is 2.14 bits per heavy atom. The van der Waals surface area contributed by atoms with Crippen molar-refractivity contribution >= 4 is 29.9 Å². The quantitative estimate of drug-likeness (QED) is 0.308. The number of rotatable bonds is 5. The summed E-state index contributed by atoms with van der Waals surface area (Å²) in [6.07, 6.45) is 0.920. The van der Waals surface area contributed by atoms with Crippen LogP contribution in [0, 0.1) is 0 Å². The van der Waals surface area contributed by atoms with Gasteiger partial charge in [0.15, 0.2) is 0 Å². The van der Waals surface area contributed by atoms with Crippen molar-refractivity contribution in [1.29, 1.82) is 0 Å². The number of fused-ring (bicyclic) bond motifs is 1. The first kappa shape index (κ1) is 25.5. The van der Waals surface area contributed by atoms with Gasteiger partial charge in [0.2, 0.25) is 11.0 Å². The van der Waals surface area contributed by atoms with Gasteiger partial charge in [0.1, 0.15) is 17.1 Å². The Morgan fingerprint density at radius 1 is 0.971 bits per heavy atom. The number of benzene rings is 3. The lowest BCUT2D eigenvalue weighted by atomic mass is 10.1. The van der Waals surface area contributed by atoms with Gasteiger partial charge in [0, 0.05) is 17.7 Å². The van der Waals surface area contributed by atoms with Crippen LogP contribution in [0.4, 0.5) is 23.0 Å². The topological polar surface area (TPSA) is 73.6 Å². The molecule has 35 heavy (non-hydrogen) atoms. The second kappa shape index (κ2) is 10.9. The number of nitrogens with one attached hydrogen (secondary N) is 1. The van der Waals surface area contributed by atoms with Gasteiger partial charge in [-0.2, -0.15) is 0 Å². The third kappa shape index (κ3) is 7.20. The first-order valence-electron chi connectivity index (χ1n) is 10.6. The monoisotopic (exact) mass is 487 g/mol. The second-order valence-electron chi connectivity index (χ2n) is 7.44. The number of methoxy groups -OCH3 is 1. The van der Waals surface area contributed by atoms with E-state index in [-0.39, 0.29) is 5.56 Å². The molecule has 4 aromatic rings. The van der Waals surface area contributed by atoms with Crippen LogP contribution in [0.3, 0.4) is 0 Å². The van der Waals surface area contributed by atoms with Crippen LogP contribution in [0.1, 0.15) is 22.8 Å². The van der Waals surface area contributed by atoms with E-state index in [9.17, 15) is 22.1 Å². The van der Waals surface area contributed by atoms with Crippen molar-refractivity contribution in [3.63, 3.8) is 0 Å². The maximum Gasteiger partial charge on any atom is 0.673 e. The van der Waals surface area contributed by atoms with Gasteiger partial charge in [-0.25, -0.2) is 9.79 Å². The lowest BCUT2D eigenvalue weighted by Crippen LogP contribution is -2.70. The van der Waals surface area contributed by atoms with Gasteiger partial charge in [0.05, 0.1) is 24.1 Å². The summed E-state index contributed by atoms with van der Waals surface area (Å²) >= 11 is 0. The molecule has 182 valence electrons.